The van der Waals surface area contributed by atoms with E-state index in [-0.39, 0.29) is 0 Å². The molecule has 0 aliphatic heterocycles. The molecule has 6 heteroatoms. The van der Waals surface area contributed by atoms with E-state index in [4.69, 9.17) is 0 Å². The molecule has 0 saturated carbocycles. The van der Waals surface area contributed by atoms with Gasteiger partial charge in [0.1, 0.15) is 0 Å². The molecule has 0 aromatic rings. The third kappa shape index (κ3) is 86.6. The molecule has 0 aliphatic rings. The van der Waals surface area contributed by atoms with E-state index in [2.05, 4.69) is 47.9 Å². The summed E-state index contributed by atoms with van der Waals surface area (Å²) < 4.78 is 18.8. The first kappa shape index (κ1) is 11.5. The average molecular weight is 368 g/mol. The van der Waals surface area contributed by atoms with Crippen LogP contribution in [-0.2, 0) is 9.05 Å². The van der Waals surface area contributed by atoms with Gasteiger partial charge in [-0.3, -0.25) is 0 Å². The van der Waals surface area contributed by atoms with E-state index < -0.39 is 9.05 Å². The number of hydrogen-bond acceptors (Lipinski definition) is 2. The van der Waals surface area contributed by atoms with Crippen molar-refractivity contribution in [1.29, 1.82) is 0 Å². The molecule has 0 rings (SSSR count). The van der Waals surface area contributed by atoms with E-state index in [0.29, 0.717) is 0 Å². The minimum absolute atomic E-state index is 0.925. The Labute approximate surface area is 70.7 Å². The van der Waals surface area contributed by atoms with Gasteiger partial charge in [-0.2, -0.15) is 0 Å². The molecular weight excluding hydrogens is 365 g/mol. The molecule has 0 saturated heterocycles. The quantitative estimate of drug-likeness (QED) is 0.484. The van der Waals surface area contributed by atoms with Gasteiger partial charge in [0.2, 0.25) is 9.05 Å². The van der Waals surface area contributed by atoms with Crippen molar-refractivity contribution in [3.63, 3.8) is 0 Å². The second-order valence-corrected chi connectivity index (χ2v) is 3.73. The maximum atomic E-state index is 9.40. The molecule has 0 fully saturated rings. The minimum atomic E-state index is -3.19. The molecule has 0 aliphatic carbocycles. The zero-order valence-electron chi connectivity index (χ0n) is 3.36. The standard InChI is InChI=1S/CH3ClO2S.I2/c1-5(2,3)4;1-2/h1H3;. The Morgan fingerprint density at radius 2 is 1.43 bits per heavy atom. The Morgan fingerprint density at radius 1 is 1.43 bits per heavy atom. The summed E-state index contributed by atoms with van der Waals surface area (Å²) >= 11 is 4.24. The summed E-state index contributed by atoms with van der Waals surface area (Å²) in [4.78, 5) is 0. The van der Waals surface area contributed by atoms with Crippen molar-refractivity contribution in [2.24, 2.45) is 0 Å². The van der Waals surface area contributed by atoms with Crippen LogP contribution in [-0.4, -0.2) is 14.7 Å². The molecule has 7 heavy (non-hydrogen) atoms. The SMILES string of the molecule is CS(=O)(=O)Cl.II. The van der Waals surface area contributed by atoms with Crippen molar-refractivity contribution in [2.75, 3.05) is 6.26 Å². The molecule has 0 atom stereocenters. The highest BCUT2D eigenvalue weighted by molar-refractivity contribution is 15.0. The topological polar surface area (TPSA) is 34.1 Å². The normalized spacial score (nSPS) is 9.14. The fourth-order valence-corrected chi connectivity index (χ4v) is 0. The van der Waals surface area contributed by atoms with E-state index >= 15 is 0 Å². The van der Waals surface area contributed by atoms with Crippen molar-refractivity contribution in [3.8, 4) is 0 Å². The van der Waals surface area contributed by atoms with E-state index in [9.17, 15) is 8.42 Å². The van der Waals surface area contributed by atoms with Gasteiger partial charge in [-0.05, 0) is 0 Å². The van der Waals surface area contributed by atoms with Gasteiger partial charge in [0.25, 0.3) is 0 Å². The molecule has 0 heterocycles. The maximum absolute atomic E-state index is 9.40. The summed E-state index contributed by atoms with van der Waals surface area (Å²) in [6.07, 6.45) is 0.925. The van der Waals surface area contributed by atoms with Crippen LogP contribution in [0.5, 0.6) is 0 Å². The fourth-order valence-electron chi connectivity index (χ4n) is 0. The molecule has 2 nitrogen and oxygen atoms in total. The van der Waals surface area contributed by atoms with Crippen molar-refractivity contribution < 1.29 is 8.42 Å². The third-order valence-corrected chi connectivity index (χ3v) is 0. The van der Waals surface area contributed by atoms with Crippen molar-refractivity contribution in [3.05, 3.63) is 0 Å². The van der Waals surface area contributed by atoms with Gasteiger partial charge in [0, 0.05) is 47.9 Å². The number of rotatable bonds is 0. The van der Waals surface area contributed by atoms with Gasteiger partial charge in [-0.25, -0.2) is 8.42 Å². The molecule has 0 N–H and O–H groups in total. The average Bonchev–Trinajstić information content (AvgIpc) is 1.36. The summed E-state index contributed by atoms with van der Waals surface area (Å²) in [7, 11) is 1.31. The summed E-state index contributed by atoms with van der Waals surface area (Å²) in [5.41, 5.74) is 0. The Bertz CT molecular complexity index is 98.9. The zero-order valence-corrected chi connectivity index (χ0v) is 9.25. The van der Waals surface area contributed by atoms with Crippen molar-refractivity contribution >= 4 is 57.0 Å². The first-order valence-corrected chi connectivity index (χ1v) is 10.0. The Balaban J connectivity index is 0. The van der Waals surface area contributed by atoms with Crippen LogP contribution in [0.15, 0.2) is 0 Å². The van der Waals surface area contributed by atoms with Crippen LogP contribution in [0.1, 0.15) is 0 Å². The van der Waals surface area contributed by atoms with Crippen LogP contribution in [0.4, 0.5) is 0 Å². The van der Waals surface area contributed by atoms with E-state index in [1.165, 1.54) is 0 Å². The lowest BCUT2D eigenvalue weighted by molar-refractivity contribution is 0.615. The first-order chi connectivity index (χ1) is 3.00. The molecule has 0 unspecified atom stereocenters. The van der Waals surface area contributed by atoms with Gasteiger partial charge >= 0.3 is 0 Å². The predicted molar refractivity (Wildman–Crippen MR) is 48.7 cm³/mol. The second kappa shape index (κ2) is 5.83. The highest BCUT2D eigenvalue weighted by Gasteiger charge is 1.83. The lowest BCUT2D eigenvalue weighted by atomic mass is 12.0. The molecule has 0 aromatic heterocycles. The van der Waals surface area contributed by atoms with Gasteiger partial charge in [-0.1, -0.05) is 0 Å². The molecule has 0 amide bonds. The van der Waals surface area contributed by atoms with Gasteiger partial charge in [0.05, 0.1) is 6.26 Å². The van der Waals surface area contributed by atoms with Crippen LogP contribution >= 0.6 is 47.9 Å². The Kier molecular flexibility index (Phi) is 9.57. The highest BCUT2D eigenvalue weighted by atomic mass is 128. The highest BCUT2D eigenvalue weighted by Crippen LogP contribution is 1.89. The lowest BCUT2D eigenvalue weighted by Crippen LogP contribution is -1.76. The lowest BCUT2D eigenvalue weighted by Gasteiger charge is -1.65. The predicted octanol–water partition coefficient (Wildman–Crippen LogP) is 1.96. The summed E-state index contributed by atoms with van der Waals surface area (Å²) in [5, 5.41) is 0. The van der Waals surface area contributed by atoms with E-state index in [1.54, 1.807) is 0 Å². The van der Waals surface area contributed by atoms with Gasteiger partial charge in [-0.15, -0.1) is 0 Å². The molecule has 0 aromatic carbocycles. The van der Waals surface area contributed by atoms with Crippen LogP contribution in [0.2, 0.25) is 0 Å². The van der Waals surface area contributed by atoms with Crippen molar-refractivity contribution in [1.82, 2.24) is 0 Å². The largest absolute Gasteiger partial charge is 0.229 e. The zero-order chi connectivity index (χ0) is 6.50. The fraction of sp³-hybridized carbons (Fsp3) is 1.00. The number of hydrogen-bond donors (Lipinski definition) is 0. The Morgan fingerprint density at radius 3 is 1.43 bits per heavy atom. The molecule has 46 valence electrons. The maximum Gasteiger partial charge on any atom is 0.229 e. The minimum Gasteiger partial charge on any atom is -0.213 e. The third-order valence-electron chi connectivity index (χ3n) is 0. The number of halogens is 3. The molecule has 0 bridgehead atoms. The van der Waals surface area contributed by atoms with E-state index in [1.807, 2.05) is 0 Å². The van der Waals surface area contributed by atoms with Crippen LogP contribution < -0.4 is 0 Å². The molecule has 0 radical (unpaired) electrons. The van der Waals surface area contributed by atoms with Gasteiger partial charge < -0.3 is 0 Å². The summed E-state index contributed by atoms with van der Waals surface area (Å²) in [6.45, 7) is 0. The summed E-state index contributed by atoms with van der Waals surface area (Å²) in [5.74, 6) is 0. The summed E-state index contributed by atoms with van der Waals surface area (Å²) in [6, 6.07) is 0. The van der Waals surface area contributed by atoms with E-state index in [0.717, 1.165) is 6.26 Å². The van der Waals surface area contributed by atoms with Crippen LogP contribution in [0.25, 0.3) is 0 Å². The molecular formula is CH3ClI2O2S. The Hall–Kier alpha value is 1.70. The first-order valence-electron chi connectivity index (χ1n) is 1.04. The smallest absolute Gasteiger partial charge is 0.213 e. The van der Waals surface area contributed by atoms with Crippen LogP contribution in [0, 0.1) is 0 Å². The van der Waals surface area contributed by atoms with Crippen molar-refractivity contribution in [2.45, 2.75) is 0 Å². The van der Waals surface area contributed by atoms with Gasteiger partial charge in [0.15, 0.2) is 0 Å². The monoisotopic (exact) mass is 368 g/mol. The second-order valence-electron chi connectivity index (χ2n) is 0.682. The molecule has 0 spiro atoms. The van der Waals surface area contributed by atoms with Crippen LogP contribution in [0.3, 0.4) is 0 Å².